The van der Waals surface area contributed by atoms with Gasteiger partial charge in [0.25, 0.3) is 0 Å². The quantitative estimate of drug-likeness (QED) is 0.763. The number of hydrogen-bond acceptors (Lipinski definition) is 5. The fourth-order valence-corrected chi connectivity index (χ4v) is 2.19. The van der Waals surface area contributed by atoms with Gasteiger partial charge in [-0.25, -0.2) is 4.79 Å². The van der Waals surface area contributed by atoms with Crippen LogP contribution in [0.1, 0.15) is 16.1 Å². The van der Waals surface area contributed by atoms with Crippen LogP contribution in [0.4, 0.5) is 0 Å². The summed E-state index contributed by atoms with van der Waals surface area (Å²) in [7, 11) is 0. The van der Waals surface area contributed by atoms with E-state index >= 15 is 0 Å². The molecule has 1 aromatic rings. The molecule has 0 unspecified atom stereocenters. The molecule has 0 saturated carbocycles. The minimum atomic E-state index is -0.908. The van der Waals surface area contributed by atoms with E-state index in [0.717, 1.165) is 0 Å². The van der Waals surface area contributed by atoms with E-state index in [0.29, 0.717) is 17.8 Å². The van der Waals surface area contributed by atoms with Crippen molar-refractivity contribution < 1.29 is 19.4 Å². The maximum atomic E-state index is 11.6. The Hall–Kier alpha value is -1.40. The van der Waals surface area contributed by atoms with Crippen molar-refractivity contribution in [3.8, 4) is 0 Å². The van der Waals surface area contributed by atoms with Gasteiger partial charge in [0, 0.05) is 13.0 Å². The highest BCUT2D eigenvalue weighted by atomic mass is 32.1. The number of hydrogen-bond donors (Lipinski definition) is 2. The predicted molar refractivity (Wildman–Crippen MR) is 57.6 cm³/mol. The van der Waals surface area contributed by atoms with Crippen molar-refractivity contribution >= 4 is 23.3 Å². The van der Waals surface area contributed by atoms with Gasteiger partial charge in [-0.2, -0.15) is 0 Å². The summed E-state index contributed by atoms with van der Waals surface area (Å²) in [6, 6.07) is 2.85. The van der Waals surface area contributed by atoms with Crippen LogP contribution >= 0.6 is 11.3 Å². The zero-order valence-corrected chi connectivity index (χ0v) is 9.20. The molecule has 1 aromatic heterocycles. The average Bonchev–Trinajstić information content (AvgIpc) is 2.87. The van der Waals surface area contributed by atoms with E-state index < -0.39 is 12.0 Å². The van der Waals surface area contributed by atoms with E-state index in [1.54, 1.807) is 17.5 Å². The lowest BCUT2D eigenvalue weighted by Crippen LogP contribution is -2.30. The van der Waals surface area contributed by atoms with Gasteiger partial charge < -0.3 is 15.2 Å². The molecular formula is C10H11NO4S. The highest BCUT2D eigenvalue weighted by molar-refractivity contribution is 7.11. The fraction of sp³-hybridized carbons (Fsp3) is 0.400. The minimum absolute atomic E-state index is 0.326. The maximum absolute atomic E-state index is 11.6. The third kappa shape index (κ3) is 2.40. The Morgan fingerprint density at radius 1 is 1.56 bits per heavy atom. The SMILES string of the molecule is O=C(O[C@H]1CN[C@H](C(=O)O)C1)c1cccs1. The lowest BCUT2D eigenvalue weighted by atomic mass is 10.2. The molecule has 0 amide bonds. The Kier molecular flexibility index (Phi) is 3.21. The summed E-state index contributed by atoms with van der Waals surface area (Å²) in [6.07, 6.45) is -0.0254. The molecule has 2 atom stereocenters. The summed E-state index contributed by atoms with van der Waals surface area (Å²) in [5.41, 5.74) is 0. The van der Waals surface area contributed by atoms with Gasteiger partial charge in [-0.15, -0.1) is 11.3 Å². The monoisotopic (exact) mass is 241 g/mol. The number of aliphatic carboxylic acids is 1. The predicted octanol–water partition coefficient (Wildman–Crippen LogP) is 0.720. The molecule has 2 rings (SSSR count). The molecular weight excluding hydrogens is 230 g/mol. The summed E-state index contributed by atoms with van der Waals surface area (Å²) >= 11 is 1.31. The van der Waals surface area contributed by atoms with Gasteiger partial charge in [0.2, 0.25) is 0 Å². The summed E-state index contributed by atoms with van der Waals surface area (Å²) in [4.78, 5) is 22.8. The highest BCUT2D eigenvalue weighted by Gasteiger charge is 2.31. The smallest absolute Gasteiger partial charge is 0.348 e. The Bertz CT molecular complexity index is 390. The Labute approximate surface area is 96.0 Å². The molecule has 1 fully saturated rings. The molecule has 2 heterocycles. The van der Waals surface area contributed by atoms with Crippen LogP contribution in [0, 0.1) is 0 Å². The number of carboxylic acids is 1. The average molecular weight is 241 g/mol. The molecule has 1 saturated heterocycles. The van der Waals surface area contributed by atoms with Crippen molar-refractivity contribution in [2.45, 2.75) is 18.6 Å². The summed E-state index contributed by atoms with van der Waals surface area (Å²) in [5, 5.41) is 13.3. The van der Waals surface area contributed by atoms with Crippen LogP contribution in [0.2, 0.25) is 0 Å². The van der Waals surface area contributed by atoms with E-state index in [-0.39, 0.29) is 12.1 Å². The molecule has 16 heavy (non-hydrogen) atoms. The van der Waals surface area contributed by atoms with Crippen molar-refractivity contribution in [2.24, 2.45) is 0 Å². The Morgan fingerprint density at radius 2 is 2.38 bits per heavy atom. The molecule has 0 aromatic carbocycles. The van der Waals surface area contributed by atoms with Crippen molar-refractivity contribution in [1.82, 2.24) is 5.32 Å². The number of rotatable bonds is 3. The van der Waals surface area contributed by atoms with Gasteiger partial charge in [0.15, 0.2) is 0 Å². The van der Waals surface area contributed by atoms with Crippen LogP contribution in [0.15, 0.2) is 17.5 Å². The largest absolute Gasteiger partial charge is 0.480 e. The van der Waals surface area contributed by atoms with Crippen LogP contribution in [-0.2, 0) is 9.53 Å². The number of carboxylic acid groups (broad SMARTS) is 1. The van der Waals surface area contributed by atoms with Crippen LogP contribution in [0.3, 0.4) is 0 Å². The van der Waals surface area contributed by atoms with Crippen LogP contribution in [-0.4, -0.2) is 35.7 Å². The zero-order chi connectivity index (χ0) is 11.5. The molecule has 2 N–H and O–H groups in total. The lowest BCUT2D eigenvalue weighted by molar-refractivity contribution is -0.139. The molecule has 0 bridgehead atoms. The molecule has 5 nitrogen and oxygen atoms in total. The second-order valence-electron chi connectivity index (χ2n) is 3.54. The first kappa shape index (κ1) is 11.1. The molecule has 1 aliphatic rings. The maximum Gasteiger partial charge on any atom is 0.348 e. The van der Waals surface area contributed by atoms with Crippen molar-refractivity contribution in [3.05, 3.63) is 22.4 Å². The molecule has 0 spiro atoms. The normalized spacial score (nSPS) is 24.2. The molecule has 0 radical (unpaired) electrons. The van der Waals surface area contributed by atoms with Gasteiger partial charge in [-0.05, 0) is 11.4 Å². The zero-order valence-electron chi connectivity index (χ0n) is 8.38. The van der Waals surface area contributed by atoms with E-state index in [4.69, 9.17) is 9.84 Å². The second-order valence-corrected chi connectivity index (χ2v) is 4.49. The fourth-order valence-electron chi connectivity index (χ4n) is 1.59. The first-order valence-electron chi connectivity index (χ1n) is 4.87. The number of carbonyl (C=O) groups excluding carboxylic acids is 1. The molecule has 1 aliphatic heterocycles. The Morgan fingerprint density at radius 3 is 2.94 bits per heavy atom. The van der Waals surface area contributed by atoms with Crippen molar-refractivity contribution in [2.75, 3.05) is 6.54 Å². The standard InChI is InChI=1S/C10H11NO4S/c12-9(13)7-4-6(5-11-7)15-10(14)8-2-1-3-16-8/h1-3,6-7,11H,4-5H2,(H,12,13)/t6-,7+/m1/s1. The summed E-state index contributed by atoms with van der Waals surface area (Å²) in [5.74, 6) is -1.29. The number of ether oxygens (including phenoxy) is 1. The number of esters is 1. The minimum Gasteiger partial charge on any atom is -0.480 e. The molecule has 86 valence electrons. The molecule has 0 aliphatic carbocycles. The van der Waals surface area contributed by atoms with Gasteiger partial charge in [-0.3, -0.25) is 4.79 Å². The van der Waals surface area contributed by atoms with Crippen molar-refractivity contribution in [1.29, 1.82) is 0 Å². The topological polar surface area (TPSA) is 75.6 Å². The van der Waals surface area contributed by atoms with Crippen molar-refractivity contribution in [3.63, 3.8) is 0 Å². The molecule has 6 heteroatoms. The van der Waals surface area contributed by atoms with Gasteiger partial charge >= 0.3 is 11.9 Å². The first-order chi connectivity index (χ1) is 7.66. The van der Waals surface area contributed by atoms with Gasteiger partial charge in [0.1, 0.15) is 17.0 Å². The summed E-state index contributed by atoms with van der Waals surface area (Å²) < 4.78 is 5.18. The number of carbonyl (C=O) groups is 2. The van der Waals surface area contributed by atoms with Gasteiger partial charge in [-0.1, -0.05) is 6.07 Å². The third-order valence-electron chi connectivity index (χ3n) is 2.38. The van der Waals surface area contributed by atoms with E-state index in [1.807, 2.05) is 0 Å². The first-order valence-corrected chi connectivity index (χ1v) is 5.75. The highest BCUT2D eigenvalue weighted by Crippen LogP contribution is 2.15. The van der Waals surface area contributed by atoms with E-state index in [9.17, 15) is 9.59 Å². The van der Waals surface area contributed by atoms with Gasteiger partial charge in [0.05, 0.1) is 0 Å². The van der Waals surface area contributed by atoms with Crippen LogP contribution in [0.5, 0.6) is 0 Å². The summed E-state index contributed by atoms with van der Waals surface area (Å²) in [6.45, 7) is 0.397. The van der Waals surface area contributed by atoms with E-state index in [2.05, 4.69) is 5.32 Å². The third-order valence-corrected chi connectivity index (χ3v) is 3.23. The second kappa shape index (κ2) is 4.63. The number of nitrogens with one attached hydrogen (secondary N) is 1. The lowest BCUT2D eigenvalue weighted by Gasteiger charge is -2.09. The Balaban J connectivity index is 1.88. The number of thiophene rings is 1. The van der Waals surface area contributed by atoms with Crippen LogP contribution < -0.4 is 5.32 Å². The van der Waals surface area contributed by atoms with Crippen LogP contribution in [0.25, 0.3) is 0 Å². The van der Waals surface area contributed by atoms with E-state index in [1.165, 1.54) is 11.3 Å².